The lowest BCUT2D eigenvalue weighted by Crippen LogP contribution is -2.43. The molecule has 3 nitrogen and oxygen atoms in total. The first kappa shape index (κ1) is 23.5. The number of pyridine rings is 1. The maximum absolute atomic E-state index is 13.8. The molecule has 0 spiro atoms. The Bertz CT molecular complexity index is 1300. The molecular weight excluding hydrogens is 449 g/mol. The minimum atomic E-state index is -4.44. The Morgan fingerprint density at radius 2 is 1.66 bits per heavy atom. The molecule has 0 saturated carbocycles. The van der Waals surface area contributed by atoms with Gasteiger partial charge in [0.2, 0.25) is 0 Å². The van der Waals surface area contributed by atoms with Crippen LogP contribution in [0.1, 0.15) is 29.5 Å². The van der Waals surface area contributed by atoms with E-state index < -0.39 is 11.7 Å². The van der Waals surface area contributed by atoms with Gasteiger partial charge in [0.05, 0.1) is 18.8 Å². The average Bonchev–Trinajstić information content (AvgIpc) is 2.89. The molecule has 0 amide bonds. The van der Waals surface area contributed by atoms with Crippen molar-refractivity contribution in [1.82, 2.24) is 10.3 Å². The first-order valence-corrected chi connectivity index (χ1v) is 11.8. The summed E-state index contributed by atoms with van der Waals surface area (Å²) in [6.07, 6.45) is 0.841. The molecule has 0 unspecified atom stereocenters. The topological polar surface area (TPSA) is 34.1 Å². The molecule has 180 valence electrons. The van der Waals surface area contributed by atoms with Crippen molar-refractivity contribution in [3.05, 3.63) is 102 Å². The van der Waals surface area contributed by atoms with Crippen molar-refractivity contribution in [2.75, 3.05) is 19.7 Å². The van der Waals surface area contributed by atoms with Crippen LogP contribution in [0.2, 0.25) is 0 Å². The minimum Gasteiger partial charge on any atom is -0.376 e. The summed E-state index contributed by atoms with van der Waals surface area (Å²) in [5.41, 5.74) is 2.19. The molecule has 0 atom stereocenters. The van der Waals surface area contributed by atoms with Crippen molar-refractivity contribution in [2.24, 2.45) is 0 Å². The standard InChI is InChI=1S/C29H27F3N2O/c30-29(31,32)27-15-21(14-25(17-27)22-6-7-24-18-34-11-8-23(24)16-22)19-35-20-28(9-12-33-13-10-28)26-4-2-1-3-5-26/h1-8,11,14-18,33H,9-10,12-13,19-20H2. The highest BCUT2D eigenvalue weighted by molar-refractivity contribution is 5.86. The van der Waals surface area contributed by atoms with E-state index in [9.17, 15) is 13.2 Å². The third-order valence-electron chi connectivity index (χ3n) is 6.89. The molecule has 4 aromatic rings. The number of ether oxygens (including phenoxy) is 1. The molecule has 3 aromatic carbocycles. The van der Waals surface area contributed by atoms with Crippen LogP contribution in [0.5, 0.6) is 0 Å². The van der Waals surface area contributed by atoms with Crippen LogP contribution in [0.4, 0.5) is 13.2 Å². The van der Waals surface area contributed by atoms with Crippen molar-refractivity contribution in [1.29, 1.82) is 0 Å². The van der Waals surface area contributed by atoms with Crippen molar-refractivity contribution < 1.29 is 17.9 Å². The van der Waals surface area contributed by atoms with Gasteiger partial charge in [0.15, 0.2) is 0 Å². The first-order chi connectivity index (χ1) is 16.9. The van der Waals surface area contributed by atoms with Gasteiger partial charge in [0.25, 0.3) is 0 Å². The largest absolute Gasteiger partial charge is 0.416 e. The van der Waals surface area contributed by atoms with E-state index >= 15 is 0 Å². The van der Waals surface area contributed by atoms with Gasteiger partial charge in [-0.3, -0.25) is 4.98 Å². The number of piperidine rings is 1. The van der Waals surface area contributed by atoms with Crippen LogP contribution in [0.15, 0.2) is 85.2 Å². The van der Waals surface area contributed by atoms with Gasteiger partial charge < -0.3 is 10.1 Å². The van der Waals surface area contributed by atoms with Gasteiger partial charge in [0.1, 0.15) is 0 Å². The second-order valence-corrected chi connectivity index (χ2v) is 9.24. The smallest absolute Gasteiger partial charge is 0.376 e. The highest BCUT2D eigenvalue weighted by Crippen LogP contribution is 2.36. The summed E-state index contributed by atoms with van der Waals surface area (Å²) in [6.45, 7) is 2.37. The van der Waals surface area contributed by atoms with Crippen molar-refractivity contribution in [3.63, 3.8) is 0 Å². The zero-order chi connectivity index (χ0) is 24.3. The Morgan fingerprint density at radius 1 is 0.857 bits per heavy atom. The van der Waals surface area contributed by atoms with Crippen molar-refractivity contribution in [3.8, 4) is 11.1 Å². The summed E-state index contributed by atoms with van der Waals surface area (Å²) in [7, 11) is 0. The third kappa shape index (κ3) is 5.24. The third-order valence-corrected chi connectivity index (χ3v) is 6.89. The average molecular weight is 477 g/mol. The van der Waals surface area contributed by atoms with E-state index in [0.29, 0.717) is 17.7 Å². The fraction of sp³-hybridized carbons (Fsp3) is 0.276. The lowest BCUT2D eigenvalue weighted by Gasteiger charge is -2.38. The van der Waals surface area contributed by atoms with Crippen LogP contribution in [0.25, 0.3) is 21.9 Å². The number of hydrogen-bond acceptors (Lipinski definition) is 3. The lowest BCUT2D eigenvalue weighted by atomic mass is 9.74. The van der Waals surface area contributed by atoms with Crippen LogP contribution < -0.4 is 5.32 Å². The lowest BCUT2D eigenvalue weighted by molar-refractivity contribution is -0.137. The van der Waals surface area contributed by atoms with Crippen LogP contribution in [-0.2, 0) is 22.9 Å². The number of hydrogen-bond donors (Lipinski definition) is 1. The predicted octanol–water partition coefficient (Wildman–Crippen LogP) is 6.76. The van der Waals surface area contributed by atoms with E-state index in [0.717, 1.165) is 42.3 Å². The van der Waals surface area contributed by atoms with E-state index in [2.05, 4.69) is 22.4 Å². The zero-order valence-electron chi connectivity index (χ0n) is 19.3. The summed E-state index contributed by atoms with van der Waals surface area (Å²) in [5.74, 6) is 0. The molecule has 1 saturated heterocycles. The van der Waals surface area contributed by atoms with Gasteiger partial charge in [-0.2, -0.15) is 13.2 Å². The van der Waals surface area contributed by atoms with E-state index in [1.807, 2.05) is 42.5 Å². The highest BCUT2D eigenvalue weighted by atomic mass is 19.4. The molecule has 1 aliphatic rings. The summed E-state index contributed by atoms with van der Waals surface area (Å²) >= 11 is 0. The fourth-order valence-electron chi connectivity index (χ4n) is 4.95. The van der Waals surface area contributed by atoms with E-state index in [4.69, 9.17) is 4.74 Å². The number of nitrogens with one attached hydrogen (secondary N) is 1. The summed E-state index contributed by atoms with van der Waals surface area (Å²) < 4.78 is 47.4. The molecule has 35 heavy (non-hydrogen) atoms. The Morgan fingerprint density at radius 3 is 2.43 bits per heavy atom. The molecule has 0 radical (unpaired) electrons. The van der Waals surface area contributed by atoms with Crippen LogP contribution in [0, 0.1) is 0 Å². The van der Waals surface area contributed by atoms with Gasteiger partial charge >= 0.3 is 6.18 Å². The fourth-order valence-corrected chi connectivity index (χ4v) is 4.95. The van der Waals surface area contributed by atoms with Gasteiger partial charge in [-0.15, -0.1) is 0 Å². The Kier molecular flexibility index (Phi) is 6.58. The second kappa shape index (κ2) is 9.80. The zero-order valence-corrected chi connectivity index (χ0v) is 19.3. The van der Waals surface area contributed by atoms with Crippen LogP contribution in [-0.4, -0.2) is 24.7 Å². The number of halogens is 3. The molecule has 6 heteroatoms. The van der Waals surface area contributed by atoms with Gasteiger partial charge in [0, 0.05) is 23.2 Å². The number of aromatic nitrogens is 1. The molecule has 0 bridgehead atoms. The summed E-state index contributed by atoms with van der Waals surface area (Å²) in [5, 5.41) is 5.27. The second-order valence-electron chi connectivity index (χ2n) is 9.24. The van der Waals surface area contributed by atoms with E-state index in [-0.39, 0.29) is 12.0 Å². The SMILES string of the molecule is FC(F)(F)c1cc(COCC2(c3ccccc3)CCNCC2)cc(-c2ccc3cnccc3c2)c1. The number of fused-ring (bicyclic) bond motifs is 1. The van der Waals surface area contributed by atoms with Crippen molar-refractivity contribution in [2.45, 2.75) is 31.0 Å². The number of alkyl halides is 3. The molecule has 1 fully saturated rings. The van der Waals surface area contributed by atoms with Gasteiger partial charge in [-0.25, -0.2) is 0 Å². The highest BCUT2D eigenvalue weighted by Gasteiger charge is 2.34. The first-order valence-electron chi connectivity index (χ1n) is 11.8. The number of benzene rings is 3. The van der Waals surface area contributed by atoms with Crippen molar-refractivity contribution >= 4 is 10.8 Å². The maximum Gasteiger partial charge on any atom is 0.416 e. The monoisotopic (exact) mass is 476 g/mol. The molecule has 5 rings (SSSR count). The predicted molar refractivity (Wildman–Crippen MR) is 132 cm³/mol. The Balaban J connectivity index is 1.42. The van der Waals surface area contributed by atoms with E-state index in [1.165, 1.54) is 17.7 Å². The summed E-state index contributed by atoms with van der Waals surface area (Å²) in [4.78, 5) is 4.11. The van der Waals surface area contributed by atoms with Crippen LogP contribution >= 0.6 is 0 Å². The Labute approximate surface area is 203 Å². The minimum absolute atomic E-state index is 0.121. The molecule has 2 heterocycles. The van der Waals surface area contributed by atoms with E-state index in [1.54, 1.807) is 18.5 Å². The maximum atomic E-state index is 13.8. The molecular formula is C29H27F3N2O. The molecule has 1 N–H and O–H groups in total. The molecule has 0 aliphatic carbocycles. The van der Waals surface area contributed by atoms with Crippen LogP contribution in [0.3, 0.4) is 0 Å². The normalized spacial score (nSPS) is 15.9. The quantitative estimate of drug-likeness (QED) is 0.334. The molecule has 1 aliphatic heterocycles. The number of rotatable bonds is 6. The molecule has 1 aromatic heterocycles. The summed E-state index contributed by atoms with van der Waals surface area (Å²) in [6, 6.07) is 22.0. The number of nitrogens with zero attached hydrogens (tertiary/aromatic N) is 1. The van der Waals surface area contributed by atoms with Gasteiger partial charge in [-0.1, -0.05) is 42.5 Å². The van der Waals surface area contributed by atoms with Gasteiger partial charge in [-0.05, 0) is 83.9 Å². The Hall–Kier alpha value is -3.22.